The molecule has 0 aliphatic heterocycles. The lowest BCUT2D eigenvalue weighted by molar-refractivity contribution is 0.103. The Morgan fingerprint density at radius 1 is 0.688 bits per heavy atom. The van der Waals surface area contributed by atoms with E-state index in [1.807, 2.05) is 12.1 Å². The maximum absolute atomic E-state index is 14.3. The van der Waals surface area contributed by atoms with E-state index >= 15 is 0 Å². The fourth-order valence-electron chi connectivity index (χ4n) is 3.36. The lowest BCUT2D eigenvalue weighted by Gasteiger charge is -2.19. The van der Waals surface area contributed by atoms with E-state index in [2.05, 4.69) is 6.92 Å². The van der Waals surface area contributed by atoms with E-state index in [4.69, 9.17) is 46.4 Å². The van der Waals surface area contributed by atoms with Gasteiger partial charge in [0.25, 0.3) is 0 Å². The average Bonchev–Trinajstić information content (AvgIpc) is 2.74. The summed E-state index contributed by atoms with van der Waals surface area (Å²) in [4.78, 5) is 27.2. The van der Waals surface area contributed by atoms with Crippen LogP contribution in [0.5, 0.6) is 0 Å². The largest absolute Gasteiger partial charge is 0.306 e. The number of halogens is 4. The molecule has 0 amide bonds. The van der Waals surface area contributed by atoms with Crippen molar-refractivity contribution in [2.24, 2.45) is 0 Å². The van der Waals surface area contributed by atoms with Crippen LogP contribution in [0.15, 0.2) is 60.7 Å². The molecule has 0 N–H and O–H groups in total. The SMILES string of the molecule is CCCc1ccc(CP(=O)(C(=O)c2c(Cl)cccc2Cl)C(=O)c2c(Cl)cccc2Cl)cc1. The summed E-state index contributed by atoms with van der Waals surface area (Å²) < 4.78 is 14.3. The first kappa shape index (κ1) is 25.0. The van der Waals surface area contributed by atoms with Crippen LogP contribution in [-0.4, -0.2) is 11.0 Å². The van der Waals surface area contributed by atoms with Crippen molar-refractivity contribution in [3.05, 3.63) is 103 Å². The van der Waals surface area contributed by atoms with E-state index < -0.39 is 18.2 Å². The molecule has 0 aliphatic rings. The molecular weight excluding hydrogens is 509 g/mol. The highest BCUT2D eigenvalue weighted by atomic mass is 35.5. The molecule has 3 aromatic rings. The molecule has 0 fully saturated rings. The van der Waals surface area contributed by atoms with Crippen LogP contribution in [0, 0.1) is 0 Å². The van der Waals surface area contributed by atoms with Gasteiger partial charge in [0, 0.05) is 6.16 Å². The Labute approximate surface area is 207 Å². The summed E-state index contributed by atoms with van der Waals surface area (Å²) in [5.41, 5.74) is -0.483. The Bertz CT molecular complexity index is 1110. The maximum atomic E-state index is 14.3. The number of hydrogen-bond acceptors (Lipinski definition) is 3. The van der Waals surface area contributed by atoms with Crippen molar-refractivity contribution in [3.63, 3.8) is 0 Å². The van der Waals surface area contributed by atoms with E-state index in [0.29, 0.717) is 5.56 Å². The van der Waals surface area contributed by atoms with Crippen molar-refractivity contribution in [3.8, 4) is 0 Å². The highest BCUT2D eigenvalue weighted by Crippen LogP contribution is 2.57. The first-order chi connectivity index (χ1) is 15.2. The van der Waals surface area contributed by atoms with Crippen molar-refractivity contribution in [1.82, 2.24) is 0 Å². The summed E-state index contributed by atoms with van der Waals surface area (Å²) in [6.45, 7) is 2.07. The summed E-state index contributed by atoms with van der Waals surface area (Å²) in [5, 5.41) is 0.0521. The summed E-state index contributed by atoms with van der Waals surface area (Å²) in [5.74, 6) is 0. The van der Waals surface area contributed by atoms with Gasteiger partial charge in [-0.05, 0) is 41.8 Å². The van der Waals surface area contributed by atoms with Gasteiger partial charge in [-0.25, -0.2) is 0 Å². The fraction of sp³-hybridized carbons (Fsp3) is 0.167. The molecule has 0 radical (unpaired) electrons. The molecule has 32 heavy (non-hydrogen) atoms. The van der Waals surface area contributed by atoms with Crippen LogP contribution in [0.3, 0.4) is 0 Å². The Balaban J connectivity index is 2.15. The lowest BCUT2D eigenvalue weighted by atomic mass is 10.1. The van der Waals surface area contributed by atoms with Crippen molar-refractivity contribution in [2.75, 3.05) is 0 Å². The van der Waals surface area contributed by atoms with Crippen LogP contribution >= 0.6 is 53.5 Å². The Kier molecular flexibility index (Phi) is 8.25. The van der Waals surface area contributed by atoms with Crippen LogP contribution in [0.1, 0.15) is 45.2 Å². The lowest BCUT2D eigenvalue weighted by Crippen LogP contribution is -2.14. The topological polar surface area (TPSA) is 51.2 Å². The molecule has 3 nitrogen and oxygen atoms in total. The van der Waals surface area contributed by atoms with Gasteiger partial charge in [-0.2, -0.15) is 0 Å². The van der Waals surface area contributed by atoms with E-state index in [1.165, 1.54) is 24.3 Å². The van der Waals surface area contributed by atoms with E-state index in [9.17, 15) is 14.2 Å². The van der Waals surface area contributed by atoms with Crippen LogP contribution in [0.25, 0.3) is 0 Å². The van der Waals surface area contributed by atoms with Gasteiger partial charge in [-0.1, -0.05) is 96.1 Å². The minimum atomic E-state index is -4.32. The molecule has 0 aromatic heterocycles. The predicted molar refractivity (Wildman–Crippen MR) is 133 cm³/mol. The third-order valence-corrected chi connectivity index (χ3v) is 8.81. The molecule has 3 aromatic carbocycles. The van der Waals surface area contributed by atoms with Crippen LogP contribution in [0.2, 0.25) is 20.1 Å². The maximum Gasteiger partial charge on any atom is 0.232 e. The van der Waals surface area contributed by atoms with Crippen molar-refractivity contribution >= 4 is 64.6 Å². The highest BCUT2D eigenvalue weighted by Gasteiger charge is 2.44. The molecule has 3 rings (SSSR count). The van der Waals surface area contributed by atoms with Gasteiger partial charge in [-0.15, -0.1) is 0 Å². The minimum Gasteiger partial charge on any atom is -0.306 e. The Hall–Kier alpha value is -1.61. The third-order valence-electron chi connectivity index (χ3n) is 4.98. The molecule has 0 aliphatic carbocycles. The number of rotatable bonds is 8. The molecule has 0 atom stereocenters. The molecule has 166 valence electrons. The Morgan fingerprint density at radius 2 is 1.06 bits per heavy atom. The van der Waals surface area contributed by atoms with Gasteiger partial charge in [0.1, 0.15) is 0 Å². The van der Waals surface area contributed by atoms with Gasteiger partial charge < -0.3 is 4.57 Å². The van der Waals surface area contributed by atoms with Crippen molar-refractivity contribution in [1.29, 1.82) is 0 Å². The predicted octanol–water partition coefficient (Wildman–Crippen LogP) is 8.80. The van der Waals surface area contributed by atoms with E-state index in [0.717, 1.165) is 18.4 Å². The normalized spacial score (nSPS) is 11.4. The number of benzene rings is 3. The second-order valence-corrected chi connectivity index (χ2v) is 11.5. The van der Waals surface area contributed by atoms with Gasteiger partial charge >= 0.3 is 0 Å². The van der Waals surface area contributed by atoms with Crippen molar-refractivity contribution in [2.45, 2.75) is 25.9 Å². The van der Waals surface area contributed by atoms with Crippen LogP contribution in [-0.2, 0) is 17.1 Å². The first-order valence-electron chi connectivity index (χ1n) is 9.83. The number of carbonyl (C=O) groups is 2. The van der Waals surface area contributed by atoms with Crippen LogP contribution < -0.4 is 0 Å². The van der Waals surface area contributed by atoms with Crippen molar-refractivity contribution < 1.29 is 14.2 Å². The van der Waals surface area contributed by atoms with Gasteiger partial charge in [0.2, 0.25) is 18.2 Å². The first-order valence-corrected chi connectivity index (χ1v) is 13.2. The Morgan fingerprint density at radius 3 is 1.44 bits per heavy atom. The molecule has 0 saturated carbocycles. The van der Waals surface area contributed by atoms with Gasteiger partial charge in [0.05, 0.1) is 31.2 Å². The monoisotopic (exact) mass is 526 g/mol. The third kappa shape index (κ3) is 5.14. The summed E-state index contributed by atoms with van der Waals surface area (Å²) in [7, 11) is -4.32. The molecule has 0 bridgehead atoms. The van der Waals surface area contributed by atoms with Gasteiger partial charge in [-0.3, -0.25) is 9.59 Å². The molecule has 0 saturated heterocycles. The molecule has 8 heteroatoms. The summed E-state index contributed by atoms with van der Waals surface area (Å²) in [6.07, 6.45) is 1.56. The second-order valence-electron chi connectivity index (χ2n) is 7.27. The number of hydrogen-bond donors (Lipinski definition) is 0. The molecule has 0 heterocycles. The van der Waals surface area contributed by atoms with E-state index in [-0.39, 0.29) is 37.4 Å². The molecule has 0 spiro atoms. The summed E-state index contributed by atoms with van der Waals surface area (Å²) in [6, 6.07) is 16.3. The summed E-state index contributed by atoms with van der Waals surface area (Å²) >= 11 is 24.8. The quantitative estimate of drug-likeness (QED) is 0.275. The number of aryl methyl sites for hydroxylation is 1. The van der Waals surface area contributed by atoms with Gasteiger partial charge in [0.15, 0.2) is 0 Å². The standard InChI is InChI=1S/C24H19Cl4O3P/c1-2-5-15-10-12-16(13-11-15)14-32(31,23(29)21-17(25)6-3-7-18(21)26)24(30)22-19(27)8-4-9-20(22)28/h3-4,6-13H,2,5,14H2,1H3. The number of carbonyl (C=O) groups excluding carboxylic acids is 2. The second kappa shape index (κ2) is 10.5. The fourth-order valence-corrected chi connectivity index (χ4v) is 7.16. The zero-order valence-electron chi connectivity index (χ0n) is 17.1. The van der Waals surface area contributed by atoms with E-state index in [1.54, 1.807) is 24.3 Å². The average molecular weight is 528 g/mol. The molecule has 0 unspecified atom stereocenters. The van der Waals surface area contributed by atoms with Crippen LogP contribution in [0.4, 0.5) is 0 Å². The smallest absolute Gasteiger partial charge is 0.232 e. The highest BCUT2D eigenvalue weighted by molar-refractivity contribution is 7.94. The zero-order valence-corrected chi connectivity index (χ0v) is 21.0. The minimum absolute atomic E-state index is 0.0130. The molecular formula is C24H19Cl4O3P. The zero-order chi connectivity index (χ0) is 23.5.